The van der Waals surface area contributed by atoms with Gasteiger partial charge in [-0.25, -0.2) is 0 Å². The van der Waals surface area contributed by atoms with Crippen LogP contribution in [0.25, 0.3) is 11.0 Å². The molecular formula is C8H9N3O2. The van der Waals surface area contributed by atoms with Crippen LogP contribution < -0.4 is 0 Å². The van der Waals surface area contributed by atoms with Crippen molar-refractivity contribution in [3.05, 3.63) is 24.3 Å². The van der Waals surface area contributed by atoms with E-state index in [2.05, 4.69) is 20.1 Å². The number of rotatable bonds is 1. The maximum atomic E-state index is 8.95. The Morgan fingerprint density at radius 1 is 1.31 bits per heavy atom. The van der Waals surface area contributed by atoms with Crippen molar-refractivity contribution in [2.45, 2.75) is 0 Å². The van der Waals surface area contributed by atoms with Crippen LogP contribution in [0, 0.1) is 0 Å². The molecule has 68 valence electrons. The van der Waals surface area contributed by atoms with Crippen molar-refractivity contribution in [3.63, 3.8) is 0 Å². The molecule has 5 heteroatoms. The summed E-state index contributed by atoms with van der Waals surface area (Å²) in [6, 6.07) is 7.70. The minimum absolute atomic E-state index is 0.375. The fourth-order valence-electron chi connectivity index (χ4n) is 0.786. The third-order valence-corrected chi connectivity index (χ3v) is 1.32. The van der Waals surface area contributed by atoms with E-state index in [4.69, 9.17) is 4.79 Å². The first-order valence-electron chi connectivity index (χ1n) is 3.60. The number of fused-ring (bicyclic) bond motifs is 1. The van der Waals surface area contributed by atoms with Crippen molar-refractivity contribution in [1.29, 1.82) is 0 Å². The lowest BCUT2D eigenvalue weighted by atomic mass is 10.3. The van der Waals surface area contributed by atoms with Crippen molar-refractivity contribution in [3.8, 4) is 0 Å². The summed E-state index contributed by atoms with van der Waals surface area (Å²) in [6.45, 7) is 0.375. The highest BCUT2D eigenvalue weighted by molar-refractivity contribution is 5.72. The zero-order valence-corrected chi connectivity index (χ0v) is 7.10. The van der Waals surface area contributed by atoms with Gasteiger partial charge in [0, 0.05) is 0 Å². The Morgan fingerprint density at radius 2 is 1.77 bits per heavy atom. The molecule has 0 unspecified atom stereocenters. The van der Waals surface area contributed by atoms with E-state index < -0.39 is 0 Å². The Hall–Kier alpha value is -1.91. The molecule has 0 bridgehead atoms. The molecule has 5 nitrogen and oxygen atoms in total. The molecule has 0 saturated carbocycles. The molecule has 0 amide bonds. The van der Waals surface area contributed by atoms with Gasteiger partial charge < -0.3 is 4.74 Å². The number of methoxy groups -OCH3 is 1. The monoisotopic (exact) mass is 179 g/mol. The SMILES string of the molecule is COC=O.c1ccc2n[nH]nc2c1. The van der Waals surface area contributed by atoms with Gasteiger partial charge in [0.2, 0.25) is 0 Å². The van der Waals surface area contributed by atoms with Crippen molar-refractivity contribution in [2.24, 2.45) is 0 Å². The van der Waals surface area contributed by atoms with E-state index in [1.165, 1.54) is 7.11 Å². The van der Waals surface area contributed by atoms with E-state index in [1.807, 2.05) is 24.3 Å². The van der Waals surface area contributed by atoms with Crippen LogP contribution in [0.3, 0.4) is 0 Å². The highest BCUT2D eigenvalue weighted by Gasteiger charge is 1.90. The highest BCUT2D eigenvalue weighted by Crippen LogP contribution is 2.03. The summed E-state index contributed by atoms with van der Waals surface area (Å²) >= 11 is 0. The number of hydrogen-bond donors (Lipinski definition) is 1. The molecule has 1 heterocycles. The Balaban J connectivity index is 0.000000184. The molecule has 0 spiro atoms. The van der Waals surface area contributed by atoms with Crippen LogP contribution in [0.15, 0.2) is 24.3 Å². The van der Waals surface area contributed by atoms with E-state index in [0.717, 1.165) is 11.0 Å². The minimum atomic E-state index is 0.375. The zero-order chi connectivity index (χ0) is 9.52. The van der Waals surface area contributed by atoms with Gasteiger partial charge in [-0.3, -0.25) is 4.79 Å². The lowest BCUT2D eigenvalue weighted by molar-refractivity contribution is -0.126. The number of nitrogens with one attached hydrogen (secondary N) is 1. The first-order chi connectivity index (χ1) is 6.38. The molecule has 2 rings (SSSR count). The topological polar surface area (TPSA) is 67.9 Å². The van der Waals surface area contributed by atoms with Gasteiger partial charge in [-0.05, 0) is 12.1 Å². The van der Waals surface area contributed by atoms with E-state index in [0.29, 0.717) is 6.47 Å². The fraction of sp³-hybridized carbons (Fsp3) is 0.125. The smallest absolute Gasteiger partial charge is 0.292 e. The molecular weight excluding hydrogens is 170 g/mol. The predicted molar refractivity (Wildman–Crippen MR) is 47.0 cm³/mol. The molecule has 13 heavy (non-hydrogen) atoms. The average Bonchev–Trinajstić information content (AvgIpc) is 2.66. The highest BCUT2D eigenvalue weighted by atomic mass is 16.5. The van der Waals surface area contributed by atoms with Gasteiger partial charge in [0.15, 0.2) is 0 Å². The summed E-state index contributed by atoms with van der Waals surface area (Å²) in [6.07, 6.45) is 0. The normalized spacial score (nSPS) is 8.69. The number of H-pyrrole nitrogens is 1. The zero-order valence-electron chi connectivity index (χ0n) is 7.10. The standard InChI is InChI=1S/C6H5N3.C2H4O2/c1-2-4-6-5(3-1)7-9-8-6;1-4-2-3/h1-4H,(H,7,8,9);2H,1H3. The first kappa shape index (κ1) is 9.18. The third-order valence-electron chi connectivity index (χ3n) is 1.32. The lowest BCUT2D eigenvalue weighted by Gasteiger charge is -1.78. The maximum Gasteiger partial charge on any atom is 0.292 e. The van der Waals surface area contributed by atoms with Gasteiger partial charge in [-0.15, -0.1) is 0 Å². The average molecular weight is 179 g/mol. The second-order valence-corrected chi connectivity index (χ2v) is 2.14. The van der Waals surface area contributed by atoms with Gasteiger partial charge in [0.05, 0.1) is 7.11 Å². The number of aromatic nitrogens is 3. The molecule has 0 aliphatic carbocycles. The predicted octanol–water partition coefficient (Wildman–Crippen LogP) is 0.747. The van der Waals surface area contributed by atoms with E-state index in [-0.39, 0.29) is 0 Å². The molecule has 1 aromatic heterocycles. The molecule has 0 saturated heterocycles. The van der Waals surface area contributed by atoms with Gasteiger partial charge in [-0.1, -0.05) is 12.1 Å². The van der Waals surface area contributed by atoms with Crippen LogP contribution in [-0.2, 0) is 9.53 Å². The van der Waals surface area contributed by atoms with Crippen LogP contribution in [0.1, 0.15) is 0 Å². The quantitative estimate of drug-likeness (QED) is 0.656. The first-order valence-corrected chi connectivity index (χ1v) is 3.60. The van der Waals surface area contributed by atoms with Gasteiger partial charge >= 0.3 is 0 Å². The number of ether oxygens (including phenoxy) is 1. The second kappa shape index (κ2) is 4.87. The fourth-order valence-corrected chi connectivity index (χ4v) is 0.786. The molecule has 0 atom stereocenters. The largest absolute Gasteiger partial charge is 0.471 e. The maximum absolute atomic E-state index is 8.95. The van der Waals surface area contributed by atoms with Gasteiger partial charge in [0.1, 0.15) is 11.0 Å². The minimum Gasteiger partial charge on any atom is -0.471 e. The molecule has 0 aliphatic heterocycles. The van der Waals surface area contributed by atoms with Crippen LogP contribution in [-0.4, -0.2) is 29.0 Å². The van der Waals surface area contributed by atoms with Gasteiger partial charge in [-0.2, -0.15) is 15.4 Å². The Kier molecular flexibility index (Phi) is 3.44. The number of carbonyl (C=O) groups is 1. The number of carbonyl (C=O) groups excluding carboxylic acids is 1. The Morgan fingerprint density at radius 3 is 2.15 bits per heavy atom. The third kappa shape index (κ3) is 2.55. The van der Waals surface area contributed by atoms with Crippen molar-refractivity contribution >= 4 is 17.5 Å². The van der Waals surface area contributed by atoms with Crippen LogP contribution in [0.2, 0.25) is 0 Å². The Bertz CT molecular complexity index is 342. The molecule has 1 aromatic carbocycles. The molecule has 0 aliphatic rings. The Labute approximate surface area is 74.7 Å². The van der Waals surface area contributed by atoms with E-state index in [9.17, 15) is 0 Å². The number of para-hydroxylation sites is 2. The van der Waals surface area contributed by atoms with Gasteiger partial charge in [0.25, 0.3) is 6.47 Å². The van der Waals surface area contributed by atoms with E-state index >= 15 is 0 Å². The number of hydrogen-bond acceptors (Lipinski definition) is 4. The summed E-state index contributed by atoms with van der Waals surface area (Å²) in [5, 5.41) is 10.3. The second-order valence-electron chi connectivity index (χ2n) is 2.14. The molecule has 0 fully saturated rings. The van der Waals surface area contributed by atoms with Crippen molar-refractivity contribution < 1.29 is 9.53 Å². The van der Waals surface area contributed by atoms with Crippen LogP contribution in [0.4, 0.5) is 0 Å². The molecule has 1 N–H and O–H groups in total. The number of nitrogens with zero attached hydrogens (tertiary/aromatic N) is 2. The molecule has 0 radical (unpaired) electrons. The van der Waals surface area contributed by atoms with Crippen LogP contribution in [0.5, 0.6) is 0 Å². The number of aromatic amines is 1. The van der Waals surface area contributed by atoms with E-state index in [1.54, 1.807) is 0 Å². The van der Waals surface area contributed by atoms with Crippen molar-refractivity contribution in [1.82, 2.24) is 15.4 Å². The lowest BCUT2D eigenvalue weighted by Crippen LogP contribution is -1.68. The summed E-state index contributed by atoms with van der Waals surface area (Å²) in [7, 11) is 1.31. The van der Waals surface area contributed by atoms with Crippen molar-refractivity contribution in [2.75, 3.05) is 7.11 Å². The summed E-state index contributed by atoms with van der Waals surface area (Å²) < 4.78 is 3.86. The molecule has 2 aromatic rings. The van der Waals surface area contributed by atoms with Crippen LogP contribution >= 0.6 is 0 Å². The summed E-state index contributed by atoms with van der Waals surface area (Å²) in [5.74, 6) is 0. The summed E-state index contributed by atoms with van der Waals surface area (Å²) in [4.78, 5) is 8.95. The number of benzene rings is 1. The summed E-state index contributed by atoms with van der Waals surface area (Å²) in [5.41, 5.74) is 1.83.